The molecule has 0 amide bonds. The summed E-state index contributed by atoms with van der Waals surface area (Å²) >= 11 is 0. The largest absolute Gasteiger partial charge is 0.497 e. The van der Waals surface area contributed by atoms with E-state index in [1.54, 1.807) is 7.11 Å². The topological polar surface area (TPSA) is 95.5 Å². The third kappa shape index (κ3) is 3.37. The van der Waals surface area contributed by atoms with Gasteiger partial charge in [0.05, 0.1) is 12.6 Å². The van der Waals surface area contributed by atoms with Gasteiger partial charge in [-0.05, 0) is 49.9 Å². The van der Waals surface area contributed by atoms with Crippen LogP contribution in [0.4, 0.5) is 0 Å². The number of H-pyrrole nitrogens is 1. The number of hydrogen-bond donors (Lipinski definition) is 2. The number of Topliss-reactive ketones (excluding diaryl/α,β-unsaturated/α-hetero) is 1. The number of aromatic amines is 1. The Morgan fingerprint density at radius 3 is 2.84 bits per heavy atom. The standard InChI is InChI=1S/C17H21N3O2.CH2O2/c1-20-9-11-6-12(20)5-10(11)7-16(21)17-14-8-13(22-2)3-4-15(14)18-19-17;2-1-3/h3-4,8,10-12H,5-7,9H2,1-2H3,(H,18,19);1H,(H,2,3). The number of fused-ring (bicyclic) bond motifs is 3. The van der Waals surface area contributed by atoms with Gasteiger partial charge in [0.2, 0.25) is 0 Å². The Labute approximate surface area is 146 Å². The number of benzene rings is 1. The molecule has 1 aromatic heterocycles. The number of carbonyl (C=O) groups excluding carboxylic acids is 1. The lowest BCUT2D eigenvalue weighted by atomic mass is 9.89. The Hall–Kier alpha value is -2.41. The number of ketones is 1. The third-order valence-electron chi connectivity index (χ3n) is 5.44. The minimum absolute atomic E-state index is 0.153. The number of nitrogens with one attached hydrogen (secondary N) is 1. The fraction of sp³-hybridized carbons (Fsp3) is 0.500. The maximum absolute atomic E-state index is 12.7. The van der Waals surface area contributed by atoms with Crippen LogP contribution >= 0.6 is 0 Å². The molecular formula is C18H23N3O4. The zero-order chi connectivity index (χ0) is 18.0. The summed E-state index contributed by atoms with van der Waals surface area (Å²) in [6.07, 6.45) is 3.02. The fourth-order valence-electron chi connectivity index (χ4n) is 4.20. The minimum atomic E-state index is -0.250. The van der Waals surface area contributed by atoms with Crippen LogP contribution in [0.2, 0.25) is 0 Å². The van der Waals surface area contributed by atoms with E-state index in [0.29, 0.717) is 30.0 Å². The number of piperidine rings is 1. The highest BCUT2D eigenvalue weighted by Crippen LogP contribution is 2.43. The molecule has 1 aromatic carbocycles. The van der Waals surface area contributed by atoms with Crippen molar-refractivity contribution in [1.29, 1.82) is 0 Å². The highest BCUT2D eigenvalue weighted by molar-refractivity contribution is 6.06. The summed E-state index contributed by atoms with van der Waals surface area (Å²) in [6, 6.07) is 6.35. The Balaban J connectivity index is 0.000000569. The van der Waals surface area contributed by atoms with Crippen molar-refractivity contribution in [3.63, 3.8) is 0 Å². The van der Waals surface area contributed by atoms with Gasteiger partial charge in [0.1, 0.15) is 11.4 Å². The number of rotatable bonds is 4. The lowest BCUT2D eigenvalue weighted by molar-refractivity contribution is -0.122. The van der Waals surface area contributed by atoms with Crippen LogP contribution in [0.5, 0.6) is 5.75 Å². The average molecular weight is 345 g/mol. The quantitative estimate of drug-likeness (QED) is 0.651. The molecule has 134 valence electrons. The van der Waals surface area contributed by atoms with Crippen LogP contribution in [0.25, 0.3) is 10.9 Å². The van der Waals surface area contributed by atoms with Crippen molar-refractivity contribution >= 4 is 23.2 Å². The summed E-state index contributed by atoms with van der Waals surface area (Å²) in [4.78, 5) is 23.5. The van der Waals surface area contributed by atoms with E-state index in [1.807, 2.05) is 18.2 Å². The molecule has 0 spiro atoms. The number of hydrogen-bond acceptors (Lipinski definition) is 5. The summed E-state index contributed by atoms with van der Waals surface area (Å²) in [5.41, 5.74) is 1.45. The van der Waals surface area contributed by atoms with E-state index in [-0.39, 0.29) is 12.3 Å². The molecule has 1 aliphatic heterocycles. The number of ether oxygens (including phenoxy) is 1. The number of carbonyl (C=O) groups is 2. The number of nitrogens with zero attached hydrogens (tertiary/aromatic N) is 2. The van der Waals surface area contributed by atoms with Crippen LogP contribution in [0.1, 0.15) is 29.8 Å². The maximum Gasteiger partial charge on any atom is 0.290 e. The molecule has 1 saturated carbocycles. The second-order valence-electron chi connectivity index (χ2n) is 6.80. The van der Waals surface area contributed by atoms with Gasteiger partial charge in [0.15, 0.2) is 5.78 Å². The first-order valence-corrected chi connectivity index (χ1v) is 8.40. The fourth-order valence-corrected chi connectivity index (χ4v) is 4.20. The lowest BCUT2D eigenvalue weighted by Crippen LogP contribution is -2.32. The molecule has 25 heavy (non-hydrogen) atoms. The summed E-state index contributed by atoms with van der Waals surface area (Å²) in [7, 11) is 3.82. The molecule has 2 N–H and O–H groups in total. The van der Waals surface area contributed by atoms with E-state index in [4.69, 9.17) is 14.6 Å². The average Bonchev–Trinajstić information content (AvgIpc) is 3.28. The van der Waals surface area contributed by atoms with Gasteiger partial charge >= 0.3 is 0 Å². The normalized spacial score (nSPS) is 24.8. The predicted molar refractivity (Wildman–Crippen MR) is 92.9 cm³/mol. The summed E-state index contributed by atoms with van der Waals surface area (Å²) in [6.45, 7) is 0.887. The maximum atomic E-state index is 12.7. The van der Waals surface area contributed by atoms with Gasteiger partial charge in [-0.2, -0.15) is 5.10 Å². The molecule has 7 nitrogen and oxygen atoms in total. The number of aromatic nitrogens is 2. The van der Waals surface area contributed by atoms with Gasteiger partial charge < -0.3 is 14.7 Å². The van der Waals surface area contributed by atoms with E-state index in [9.17, 15) is 4.79 Å². The Kier molecular flexibility index (Phi) is 5.03. The second kappa shape index (κ2) is 7.23. The first-order chi connectivity index (χ1) is 12.1. The van der Waals surface area contributed by atoms with Crippen molar-refractivity contribution in [2.24, 2.45) is 11.8 Å². The molecule has 2 aliphatic rings. The summed E-state index contributed by atoms with van der Waals surface area (Å²) in [5.74, 6) is 2.11. The Morgan fingerprint density at radius 1 is 1.48 bits per heavy atom. The zero-order valence-corrected chi connectivity index (χ0v) is 14.4. The Morgan fingerprint density at radius 2 is 2.24 bits per heavy atom. The van der Waals surface area contributed by atoms with Crippen LogP contribution < -0.4 is 4.74 Å². The predicted octanol–water partition coefficient (Wildman–Crippen LogP) is 2.19. The van der Waals surface area contributed by atoms with Crippen molar-refractivity contribution in [1.82, 2.24) is 15.1 Å². The van der Waals surface area contributed by atoms with Crippen molar-refractivity contribution in [3.8, 4) is 5.75 Å². The van der Waals surface area contributed by atoms with E-state index in [2.05, 4.69) is 22.1 Å². The molecule has 3 atom stereocenters. The van der Waals surface area contributed by atoms with Crippen LogP contribution in [0.15, 0.2) is 18.2 Å². The van der Waals surface area contributed by atoms with Crippen molar-refractivity contribution in [2.75, 3.05) is 20.7 Å². The number of likely N-dealkylation sites (tertiary alicyclic amines) is 1. The first kappa shape index (κ1) is 17.4. The van der Waals surface area contributed by atoms with Gasteiger partial charge in [-0.25, -0.2) is 0 Å². The highest BCUT2D eigenvalue weighted by Gasteiger charge is 2.43. The highest BCUT2D eigenvalue weighted by atomic mass is 16.5. The molecular weight excluding hydrogens is 322 g/mol. The van der Waals surface area contributed by atoms with Crippen LogP contribution in [0.3, 0.4) is 0 Å². The molecule has 2 aromatic rings. The zero-order valence-electron chi connectivity index (χ0n) is 14.4. The van der Waals surface area contributed by atoms with E-state index in [0.717, 1.165) is 29.6 Å². The SMILES string of the molecule is COc1ccc2[nH]nc(C(=O)CC3CC4CC3CN4C)c2c1.O=CO. The smallest absolute Gasteiger partial charge is 0.290 e. The van der Waals surface area contributed by atoms with Gasteiger partial charge in [-0.1, -0.05) is 0 Å². The lowest BCUT2D eigenvalue weighted by Gasteiger charge is -2.27. The molecule has 1 saturated heterocycles. The van der Waals surface area contributed by atoms with Gasteiger partial charge in [-0.3, -0.25) is 14.7 Å². The molecule has 0 radical (unpaired) electrons. The monoisotopic (exact) mass is 345 g/mol. The molecule has 2 heterocycles. The van der Waals surface area contributed by atoms with Crippen molar-refractivity contribution in [3.05, 3.63) is 23.9 Å². The molecule has 2 fully saturated rings. The van der Waals surface area contributed by atoms with Gasteiger partial charge in [-0.15, -0.1) is 0 Å². The number of carboxylic acid groups (broad SMARTS) is 1. The van der Waals surface area contributed by atoms with E-state index < -0.39 is 0 Å². The third-order valence-corrected chi connectivity index (χ3v) is 5.44. The van der Waals surface area contributed by atoms with Gasteiger partial charge in [0.25, 0.3) is 6.47 Å². The molecule has 3 unspecified atom stereocenters. The molecule has 2 bridgehead atoms. The van der Waals surface area contributed by atoms with Crippen LogP contribution in [-0.4, -0.2) is 59.2 Å². The first-order valence-electron chi connectivity index (χ1n) is 8.40. The van der Waals surface area contributed by atoms with Gasteiger partial charge in [0, 0.05) is 24.4 Å². The van der Waals surface area contributed by atoms with E-state index >= 15 is 0 Å². The van der Waals surface area contributed by atoms with Crippen molar-refractivity contribution in [2.45, 2.75) is 25.3 Å². The van der Waals surface area contributed by atoms with Crippen molar-refractivity contribution < 1.29 is 19.4 Å². The van der Waals surface area contributed by atoms with Crippen LogP contribution in [-0.2, 0) is 4.79 Å². The second-order valence-corrected chi connectivity index (χ2v) is 6.80. The summed E-state index contributed by atoms with van der Waals surface area (Å²) in [5, 5.41) is 15.0. The minimum Gasteiger partial charge on any atom is -0.497 e. The van der Waals surface area contributed by atoms with E-state index in [1.165, 1.54) is 6.42 Å². The molecule has 7 heteroatoms. The van der Waals surface area contributed by atoms with Crippen LogP contribution in [0, 0.1) is 11.8 Å². The molecule has 1 aliphatic carbocycles. The number of methoxy groups -OCH3 is 1. The summed E-state index contributed by atoms with van der Waals surface area (Å²) < 4.78 is 5.25. The Bertz CT molecular complexity index is 771. The molecule has 4 rings (SSSR count).